The van der Waals surface area contributed by atoms with E-state index in [1.54, 1.807) is 6.20 Å². The maximum Gasteiger partial charge on any atom is 0.122 e. The van der Waals surface area contributed by atoms with Crippen molar-refractivity contribution >= 4 is 11.3 Å². The lowest BCUT2D eigenvalue weighted by atomic mass is 9.75. The van der Waals surface area contributed by atoms with Gasteiger partial charge in [-0.3, -0.25) is 0 Å². The van der Waals surface area contributed by atoms with Crippen LogP contribution < -0.4 is 5.73 Å². The summed E-state index contributed by atoms with van der Waals surface area (Å²) in [6, 6.07) is 0. The van der Waals surface area contributed by atoms with Crippen molar-refractivity contribution in [2.75, 3.05) is 19.8 Å². The molecule has 4 nitrogen and oxygen atoms in total. The lowest BCUT2D eigenvalue weighted by Crippen LogP contribution is -2.41. The van der Waals surface area contributed by atoms with E-state index < -0.39 is 6.10 Å². The normalized spacial score (nSPS) is 22.5. The van der Waals surface area contributed by atoms with Gasteiger partial charge in [0.2, 0.25) is 0 Å². The summed E-state index contributed by atoms with van der Waals surface area (Å²) in [6.45, 7) is 1.84. The van der Waals surface area contributed by atoms with Gasteiger partial charge in [0.1, 0.15) is 11.1 Å². The average Bonchev–Trinajstić information content (AvgIpc) is 2.82. The van der Waals surface area contributed by atoms with Crippen LogP contribution in [0.2, 0.25) is 0 Å². The molecule has 3 N–H and O–H groups in total. The molecule has 1 saturated heterocycles. The van der Waals surface area contributed by atoms with Crippen molar-refractivity contribution in [3.8, 4) is 0 Å². The lowest BCUT2D eigenvalue weighted by Gasteiger charge is -2.39. The van der Waals surface area contributed by atoms with Crippen molar-refractivity contribution < 1.29 is 9.84 Å². The number of ether oxygens (including phenoxy) is 1. The molecule has 0 spiro atoms. The van der Waals surface area contributed by atoms with Crippen molar-refractivity contribution in [1.82, 2.24) is 4.98 Å². The Morgan fingerprint density at radius 3 is 2.87 bits per heavy atom. The van der Waals surface area contributed by atoms with E-state index in [-0.39, 0.29) is 5.41 Å². The van der Waals surface area contributed by atoms with E-state index in [4.69, 9.17) is 10.5 Å². The first kappa shape index (κ1) is 11.0. The largest absolute Gasteiger partial charge is 0.385 e. The van der Waals surface area contributed by atoms with Gasteiger partial charge in [-0.05, 0) is 12.8 Å². The second-order valence-electron chi connectivity index (χ2n) is 3.95. The molecule has 0 saturated carbocycles. The number of aromatic nitrogens is 1. The highest BCUT2D eigenvalue weighted by molar-refractivity contribution is 7.09. The van der Waals surface area contributed by atoms with Gasteiger partial charge in [-0.2, -0.15) is 0 Å². The van der Waals surface area contributed by atoms with E-state index >= 15 is 0 Å². The second kappa shape index (κ2) is 4.57. The molecule has 0 aliphatic carbocycles. The number of hydrogen-bond donors (Lipinski definition) is 2. The number of thiazole rings is 1. The van der Waals surface area contributed by atoms with Crippen LogP contribution in [-0.2, 0) is 4.74 Å². The topological polar surface area (TPSA) is 68.4 Å². The molecule has 15 heavy (non-hydrogen) atoms. The molecular formula is C10H16N2O2S. The number of aliphatic hydroxyl groups excluding tert-OH is 1. The number of rotatable bonds is 3. The molecule has 1 aromatic heterocycles. The van der Waals surface area contributed by atoms with Gasteiger partial charge in [-0.1, -0.05) is 0 Å². The third kappa shape index (κ3) is 2.06. The van der Waals surface area contributed by atoms with Crippen molar-refractivity contribution in [3.05, 3.63) is 16.6 Å². The minimum absolute atomic E-state index is 0.240. The molecule has 1 aromatic rings. The molecule has 1 atom stereocenters. The maximum atomic E-state index is 10.3. The summed E-state index contributed by atoms with van der Waals surface area (Å²) in [4.78, 5) is 4.16. The maximum absolute atomic E-state index is 10.3. The second-order valence-corrected chi connectivity index (χ2v) is 4.88. The summed E-state index contributed by atoms with van der Waals surface area (Å²) in [5.41, 5.74) is 5.57. The Balaban J connectivity index is 2.18. The molecule has 1 unspecified atom stereocenters. The van der Waals surface area contributed by atoms with Crippen LogP contribution in [-0.4, -0.2) is 29.8 Å². The zero-order valence-corrected chi connectivity index (χ0v) is 9.37. The monoisotopic (exact) mass is 228 g/mol. The first-order chi connectivity index (χ1) is 7.28. The van der Waals surface area contributed by atoms with E-state index in [1.165, 1.54) is 11.3 Å². The molecule has 5 heteroatoms. The van der Waals surface area contributed by atoms with Gasteiger partial charge >= 0.3 is 0 Å². The van der Waals surface area contributed by atoms with Gasteiger partial charge in [0.15, 0.2) is 0 Å². The molecule has 0 radical (unpaired) electrons. The summed E-state index contributed by atoms with van der Waals surface area (Å²) < 4.78 is 5.31. The number of nitrogens with two attached hydrogens (primary N) is 1. The lowest BCUT2D eigenvalue weighted by molar-refractivity contribution is -0.0581. The van der Waals surface area contributed by atoms with Crippen molar-refractivity contribution in [3.63, 3.8) is 0 Å². The number of nitrogens with zero attached hydrogens (tertiary/aromatic N) is 1. The summed E-state index contributed by atoms with van der Waals surface area (Å²) >= 11 is 1.48. The molecule has 0 bridgehead atoms. The molecule has 1 aliphatic heterocycles. The highest BCUT2D eigenvalue weighted by Crippen LogP contribution is 2.42. The molecule has 0 aromatic carbocycles. The van der Waals surface area contributed by atoms with E-state index in [2.05, 4.69) is 4.98 Å². The summed E-state index contributed by atoms with van der Waals surface area (Å²) in [5.74, 6) is 0. The Hall–Kier alpha value is -0.490. The Morgan fingerprint density at radius 2 is 2.33 bits per heavy atom. The quantitative estimate of drug-likeness (QED) is 0.807. The van der Waals surface area contributed by atoms with E-state index in [9.17, 15) is 5.11 Å². The van der Waals surface area contributed by atoms with Crippen LogP contribution in [0.3, 0.4) is 0 Å². The molecule has 2 rings (SSSR count). The third-order valence-corrected chi connectivity index (χ3v) is 3.99. The third-order valence-electron chi connectivity index (χ3n) is 3.16. The van der Waals surface area contributed by atoms with Crippen LogP contribution >= 0.6 is 11.3 Å². The highest BCUT2D eigenvalue weighted by atomic mass is 32.1. The van der Waals surface area contributed by atoms with Crippen LogP contribution in [0.1, 0.15) is 24.0 Å². The molecular weight excluding hydrogens is 212 g/mol. The molecule has 0 amide bonds. The molecule has 2 heterocycles. The summed E-state index contributed by atoms with van der Waals surface area (Å²) in [7, 11) is 0. The van der Waals surface area contributed by atoms with Crippen LogP contribution in [0, 0.1) is 5.41 Å². The Kier molecular flexibility index (Phi) is 3.35. The summed E-state index contributed by atoms with van der Waals surface area (Å²) in [6.07, 6.45) is 2.78. The molecule has 1 fully saturated rings. The Morgan fingerprint density at radius 1 is 1.60 bits per heavy atom. The van der Waals surface area contributed by atoms with Gasteiger partial charge in [0, 0.05) is 36.8 Å². The van der Waals surface area contributed by atoms with Crippen LogP contribution in [0.15, 0.2) is 11.6 Å². The van der Waals surface area contributed by atoms with Crippen LogP contribution in [0.5, 0.6) is 0 Å². The minimum Gasteiger partial charge on any atom is -0.385 e. The SMILES string of the molecule is NCC1(C(O)c2nccs2)CCOCC1. The minimum atomic E-state index is -0.550. The zero-order valence-electron chi connectivity index (χ0n) is 8.56. The average molecular weight is 228 g/mol. The standard InChI is InChI=1S/C10H16N2O2S/c11-7-10(1-4-14-5-2-10)8(13)9-12-3-6-15-9/h3,6,8,13H,1-2,4-5,7,11H2. The molecule has 1 aliphatic rings. The fourth-order valence-corrected chi connectivity index (χ4v) is 2.76. The highest BCUT2D eigenvalue weighted by Gasteiger charge is 2.40. The Labute approximate surface area is 93.1 Å². The van der Waals surface area contributed by atoms with E-state index in [0.29, 0.717) is 19.8 Å². The smallest absolute Gasteiger partial charge is 0.122 e. The Bertz CT molecular complexity index is 296. The van der Waals surface area contributed by atoms with Gasteiger partial charge < -0.3 is 15.6 Å². The zero-order chi connectivity index (χ0) is 10.7. The van der Waals surface area contributed by atoms with Gasteiger partial charge in [-0.25, -0.2) is 4.98 Å². The predicted octanol–water partition coefficient (Wildman–Crippen LogP) is 0.932. The van der Waals surface area contributed by atoms with Gasteiger partial charge in [0.25, 0.3) is 0 Å². The van der Waals surface area contributed by atoms with E-state index in [0.717, 1.165) is 17.8 Å². The number of aliphatic hydroxyl groups is 1. The number of hydrogen-bond acceptors (Lipinski definition) is 5. The van der Waals surface area contributed by atoms with E-state index in [1.807, 2.05) is 5.38 Å². The van der Waals surface area contributed by atoms with Crippen LogP contribution in [0.25, 0.3) is 0 Å². The van der Waals surface area contributed by atoms with Crippen LogP contribution in [0.4, 0.5) is 0 Å². The van der Waals surface area contributed by atoms with Gasteiger partial charge in [0.05, 0.1) is 0 Å². The summed E-state index contributed by atoms with van der Waals surface area (Å²) in [5, 5.41) is 12.9. The van der Waals surface area contributed by atoms with Crippen molar-refractivity contribution in [2.24, 2.45) is 11.1 Å². The van der Waals surface area contributed by atoms with Crippen molar-refractivity contribution in [1.29, 1.82) is 0 Å². The first-order valence-electron chi connectivity index (χ1n) is 5.14. The predicted molar refractivity (Wildman–Crippen MR) is 58.6 cm³/mol. The molecule has 84 valence electrons. The fourth-order valence-electron chi connectivity index (χ4n) is 2.00. The van der Waals surface area contributed by atoms with Crippen molar-refractivity contribution in [2.45, 2.75) is 18.9 Å². The fraction of sp³-hybridized carbons (Fsp3) is 0.700. The first-order valence-corrected chi connectivity index (χ1v) is 6.02. The van der Waals surface area contributed by atoms with Gasteiger partial charge in [-0.15, -0.1) is 11.3 Å².